The maximum atomic E-state index is 3.78. The van der Waals surface area contributed by atoms with E-state index in [-0.39, 0.29) is 0 Å². The Balaban J connectivity index is 1.80. The third-order valence-corrected chi connectivity index (χ3v) is 5.32. The highest BCUT2D eigenvalue weighted by Gasteiger charge is 2.24. The molecule has 1 aliphatic rings. The molecule has 2 heterocycles. The SMILES string of the molecule is CCN1CCC(C(C)N[C@@H](C)c2cccs2)CC1. The molecule has 1 unspecified atom stereocenters. The van der Waals surface area contributed by atoms with Gasteiger partial charge in [-0.2, -0.15) is 0 Å². The summed E-state index contributed by atoms with van der Waals surface area (Å²) in [6.07, 6.45) is 2.69. The van der Waals surface area contributed by atoms with Gasteiger partial charge in [-0.1, -0.05) is 13.0 Å². The number of hydrogen-bond donors (Lipinski definition) is 1. The second-order valence-electron chi connectivity index (χ2n) is 5.46. The van der Waals surface area contributed by atoms with E-state index in [4.69, 9.17) is 0 Å². The minimum atomic E-state index is 0.490. The van der Waals surface area contributed by atoms with Gasteiger partial charge in [0.1, 0.15) is 0 Å². The van der Waals surface area contributed by atoms with Crippen LogP contribution in [0.1, 0.15) is 44.5 Å². The second kappa shape index (κ2) is 6.69. The normalized spacial score (nSPS) is 21.9. The fourth-order valence-electron chi connectivity index (χ4n) is 2.92. The smallest absolute Gasteiger partial charge is 0.0388 e. The number of rotatable bonds is 5. The van der Waals surface area contributed by atoms with Crippen molar-refractivity contribution in [3.05, 3.63) is 22.4 Å². The zero-order chi connectivity index (χ0) is 13.0. The quantitative estimate of drug-likeness (QED) is 0.877. The van der Waals surface area contributed by atoms with E-state index in [2.05, 4.69) is 48.5 Å². The summed E-state index contributed by atoms with van der Waals surface area (Å²) in [4.78, 5) is 4.01. The predicted octanol–water partition coefficient (Wildman–Crippen LogP) is 3.52. The molecule has 2 nitrogen and oxygen atoms in total. The molecule has 0 aromatic carbocycles. The van der Waals surface area contributed by atoms with Gasteiger partial charge in [0, 0.05) is 17.0 Å². The van der Waals surface area contributed by atoms with Gasteiger partial charge in [0.15, 0.2) is 0 Å². The highest BCUT2D eigenvalue weighted by atomic mass is 32.1. The van der Waals surface area contributed by atoms with Crippen LogP contribution in [-0.2, 0) is 0 Å². The predicted molar refractivity (Wildman–Crippen MR) is 80.2 cm³/mol. The zero-order valence-electron chi connectivity index (χ0n) is 11.9. The molecule has 1 fully saturated rings. The fourth-order valence-corrected chi connectivity index (χ4v) is 3.66. The molecule has 0 saturated carbocycles. The van der Waals surface area contributed by atoms with Crippen molar-refractivity contribution in [2.24, 2.45) is 5.92 Å². The number of hydrogen-bond acceptors (Lipinski definition) is 3. The van der Waals surface area contributed by atoms with Crippen molar-refractivity contribution in [2.45, 2.75) is 45.7 Å². The van der Waals surface area contributed by atoms with Crippen LogP contribution in [-0.4, -0.2) is 30.6 Å². The third-order valence-electron chi connectivity index (χ3n) is 4.27. The van der Waals surface area contributed by atoms with Gasteiger partial charge in [0.05, 0.1) is 0 Å². The molecule has 102 valence electrons. The molecular formula is C15H26N2S. The van der Waals surface area contributed by atoms with E-state index in [9.17, 15) is 0 Å². The first-order valence-corrected chi connectivity index (χ1v) is 8.10. The van der Waals surface area contributed by atoms with E-state index >= 15 is 0 Å². The first kappa shape index (κ1) is 14.0. The Bertz CT molecular complexity index is 328. The standard InChI is InChI=1S/C15H26N2S/c1-4-17-9-7-14(8-10-17)12(2)16-13(3)15-6-5-11-18-15/h5-6,11-14,16H,4,7-10H2,1-3H3/t12?,13-/m0/s1. The molecule has 1 N–H and O–H groups in total. The summed E-state index contributed by atoms with van der Waals surface area (Å²) in [5.74, 6) is 0.843. The molecule has 2 atom stereocenters. The molecule has 2 rings (SSSR count). The molecular weight excluding hydrogens is 240 g/mol. The van der Waals surface area contributed by atoms with E-state index in [1.165, 1.54) is 37.4 Å². The van der Waals surface area contributed by atoms with Crippen LogP contribution in [0.3, 0.4) is 0 Å². The average molecular weight is 266 g/mol. The van der Waals surface area contributed by atoms with Crippen LogP contribution < -0.4 is 5.32 Å². The van der Waals surface area contributed by atoms with Gasteiger partial charge in [-0.15, -0.1) is 11.3 Å². The third kappa shape index (κ3) is 3.56. The van der Waals surface area contributed by atoms with Crippen molar-refractivity contribution < 1.29 is 0 Å². The van der Waals surface area contributed by atoms with E-state index < -0.39 is 0 Å². The molecule has 1 saturated heterocycles. The molecule has 1 aromatic heterocycles. The molecule has 1 aromatic rings. The summed E-state index contributed by atoms with van der Waals surface area (Å²) >= 11 is 1.85. The van der Waals surface area contributed by atoms with Gasteiger partial charge in [0.25, 0.3) is 0 Å². The lowest BCUT2D eigenvalue weighted by Gasteiger charge is -2.35. The van der Waals surface area contributed by atoms with Gasteiger partial charge < -0.3 is 10.2 Å². The highest BCUT2D eigenvalue weighted by molar-refractivity contribution is 7.10. The second-order valence-corrected chi connectivity index (χ2v) is 6.44. The monoisotopic (exact) mass is 266 g/mol. The summed E-state index contributed by atoms with van der Waals surface area (Å²) in [6, 6.07) is 5.49. The number of piperidine rings is 1. The maximum Gasteiger partial charge on any atom is 0.0388 e. The summed E-state index contributed by atoms with van der Waals surface area (Å²) < 4.78 is 0. The summed E-state index contributed by atoms with van der Waals surface area (Å²) in [5.41, 5.74) is 0. The van der Waals surface area contributed by atoms with Crippen LogP contribution in [0.2, 0.25) is 0 Å². The Kier molecular flexibility index (Phi) is 5.22. The van der Waals surface area contributed by atoms with Crippen LogP contribution in [0.15, 0.2) is 17.5 Å². The Morgan fingerprint density at radius 3 is 2.67 bits per heavy atom. The number of thiophene rings is 1. The van der Waals surface area contributed by atoms with Gasteiger partial charge in [-0.05, 0) is 63.7 Å². The van der Waals surface area contributed by atoms with Gasteiger partial charge in [-0.25, -0.2) is 0 Å². The Hall–Kier alpha value is -0.380. The first-order chi connectivity index (χ1) is 8.70. The molecule has 18 heavy (non-hydrogen) atoms. The topological polar surface area (TPSA) is 15.3 Å². The first-order valence-electron chi connectivity index (χ1n) is 7.22. The average Bonchev–Trinajstić information content (AvgIpc) is 2.92. The minimum absolute atomic E-state index is 0.490. The van der Waals surface area contributed by atoms with Crippen molar-refractivity contribution in [2.75, 3.05) is 19.6 Å². The molecule has 0 bridgehead atoms. The molecule has 0 aliphatic carbocycles. The fraction of sp³-hybridized carbons (Fsp3) is 0.733. The highest BCUT2D eigenvalue weighted by Crippen LogP contribution is 2.24. The van der Waals surface area contributed by atoms with Crippen LogP contribution in [0.4, 0.5) is 0 Å². The lowest BCUT2D eigenvalue weighted by Crippen LogP contribution is -2.42. The van der Waals surface area contributed by atoms with E-state index in [0.717, 1.165) is 5.92 Å². The van der Waals surface area contributed by atoms with Gasteiger partial charge >= 0.3 is 0 Å². The van der Waals surface area contributed by atoms with E-state index in [1.807, 2.05) is 11.3 Å². The lowest BCUT2D eigenvalue weighted by molar-refractivity contribution is 0.165. The minimum Gasteiger partial charge on any atom is -0.307 e. The van der Waals surface area contributed by atoms with Crippen molar-refractivity contribution in [3.63, 3.8) is 0 Å². The molecule has 3 heteroatoms. The molecule has 0 spiro atoms. The number of likely N-dealkylation sites (tertiary alicyclic amines) is 1. The molecule has 0 amide bonds. The Labute approximate surface area is 115 Å². The summed E-state index contributed by atoms with van der Waals surface area (Å²) in [5, 5.41) is 5.94. The van der Waals surface area contributed by atoms with Crippen LogP contribution in [0.25, 0.3) is 0 Å². The van der Waals surface area contributed by atoms with E-state index in [1.54, 1.807) is 0 Å². The zero-order valence-corrected chi connectivity index (χ0v) is 12.7. The van der Waals surface area contributed by atoms with Crippen molar-refractivity contribution in [1.82, 2.24) is 10.2 Å². The Morgan fingerprint density at radius 1 is 1.39 bits per heavy atom. The Morgan fingerprint density at radius 2 is 2.11 bits per heavy atom. The van der Waals surface area contributed by atoms with Crippen LogP contribution >= 0.6 is 11.3 Å². The lowest BCUT2D eigenvalue weighted by atomic mass is 9.90. The molecule has 0 radical (unpaired) electrons. The number of nitrogens with zero attached hydrogens (tertiary/aromatic N) is 1. The van der Waals surface area contributed by atoms with Crippen molar-refractivity contribution in [1.29, 1.82) is 0 Å². The van der Waals surface area contributed by atoms with Crippen LogP contribution in [0.5, 0.6) is 0 Å². The summed E-state index contributed by atoms with van der Waals surface area (Å²) in [7, 11) is 0. The maximum absolute atomic E-state index is 3.78. The largest absolute Gasteiger partial charge is 0.307 e. The van der Waals surface area contributed by atoms with Crippen LogP contribution in [0, 0.1) is 5.92 Å². The number of nitrogens with one attached hydrogen (secondary N) is 1. The van der Waals surface area contributed by atoms with Crippen molar-refractivity contribution >= 4 is 11.3 Å². The van der Waals surface area contributed by atoms with E-state index in [0.29, 0.717) is 12.1 Å². The van der Waals surface area contributed by atoms with Gasteiger partial charge in [-0.3, -0.25) is 0 Å². The van der Waals surface area contributed by atoms with Gasteiger partial charge in [0.2, 0.25) is 0 Å². The van der Waals surface area contributed by atoms with Crippen molar-refractivity contribution in [3.8, 4) is 0 Å². The summed E-state index contributed by atoms with van der Waals surface area (Å²) in [6.45, 7) is 10.7. The molecule has 1 aliphatic heterocycles.